The first-order valence-corrected chi connectivity index (χ1v) is 7.04. The number of aryl methyl sites for hydroxylation is 1. The Morgan fingerprint density at radius 3 is 2.75 bits per heavy atom. The highest BCUT2D eigenvalue weighted by Crippen LogP contribution is 2.23. The molecule has 2 rings (SSSR count). The fourth-order valence-corrected chi connectivity index (χ4v) is 2.30. The maximum Gasteiger partial charge on any atom is 0.335 e. The van der Waals surface area contributed by atoms with E-state index >= 15 is 0 Å². The molecule has 0 saturated heterocycles. The molecule has 0 fully saturated rings. The van der Waals surface area contributed by atoms with Crippen LogP contribution in [0.25, 0.3) is 0 Å². The van der Waals surface area contributed by atoms with E-state index in [0.717, 1.165) is 0 Å². The van der Waals surface area contributed by atoms with E-state index in [1.165, 1.54) is 18.2 Å². The molecular formula is C14H12FIN2O2. The highest BCUT2D eigenvalue weighted by atomic mass is 127. The van der Waals surface area contributed by atoms with Gasteiger partial charge in [-0.3, -0.25) is 0 Å². The van der Waals surface area contributed by atoms with Gasteiger partial charge in [0, 0.05) is 9.26 Å². The molecule has 0 saturated carbocycles. The number of carboxylic acid groups (broad SMARTS) is 1. The molecule has 1 aromatic carbocycles. The molecule has 4 nitrogen and oxygen atoms in total. The summed E-state index contributed by atoms with van der Waals surface area (Å²) in [6.45, 7) is 1.90. The summed E-state index contributed by atoms with van der Waals surface area (Å²) in [5.74, 6) is -0.883. The molecule has 20 heavy (non-hydrogen) atoms. The summed E-state index contributed by atoms with van der Waals surface area (Å²) in [4.78, 5) is 15.4. The highest BCUT2D eigenvalue weighted by Gasteiger charge is 2.09. The smallest absolute Gasteiger partial charge is 0.335 e. The lowest BCUT2D eigenvalue weighted by Gasteiger charge is -2.10. The molecule has 0 atom stereocenters. The van der Waals surface area contributed by atoms with Gasteiger partial charge in [-0.05, 0) is 59.3 Å². The summed E-state index contributed by atoms with van der Waals surface area (Å²) in [6.07, 6.45) is 0.635. The lowest BCUT2D eigenvalue weighted by Crippen LogP contribution is -2.04. The van der Waals surface area contributed by atoms with Gasteiger partial charge in [0.25, 0.3) is 0 Å². The van der Waals surface area contributed by atoms with E-state index in [1.807, 2.05) is 29.5 Å². The number of aromatic nitrogens is 1. The van der Waals surface area contributed by atoms with Gasteiger partial charge in [-0.2, -0.15) is 0 Å². The van der Waals surface area contributed by atoms with Crippen LogP contribution < -0.4 is 5.32 Å². The Morgan fingerprint density at radius 1 is 1.40 bits per heavy atom. The largest absolute Gasteiger partial charge is 0.478 e. The van der Waals surface area contributed by atoms with Crippen molar-refractivity contribution in [2.75, 3.05) is 5.32 Å². The Bertz CT molecular complexity index is 662. The van der Waals surface area contributed by atoms with Crippen molar-refractivity contribution in [3.63, 3.8) is 0 Å². The second-order valence-electron chi connectivity index (χ2n) is 4.14. The molecule has 0 aliphatic rings. The van der Waals surface area contributed by atoms with E-state index in [1.54, 1.807) is 12.1 Å². The Balaban J connectivity index is 2.37. The van der Waals surface area contributed by atoms with E-state index in [0.29, 0.717) is 27.2 Å². The van der Waals surface area contributed by atoms with Gasteiger partial charge >= 0.3 is 5.97 Å². The second kappa shape index (κ2) is 6.17. The normalized spacial score (nSPS) is 10.3. The van der Waals surface area contributed by atoms with Crippen LogP contribution in [0.5, 0.6) is 0 Å². The Hall–Kier alpha value is -1.70. The van der Waals surface area contributed by atoms with Crippen LogP contribution >= 0.6 is 22.6 Å². The van der Waals surface area contributed by atoms with Crippen molar-refractivity contribution in [2.24, 2.45) is 0 Å². The number of anilines is 2. The molecule has 0 spiro atoms. The van der Waals surface area contributed by atoms with Crippen molar-refractivity contribution < 1.29 is 14.3 Å². The Labute approximate surface area is 129 Å². The number of halogens is 2. The minimum Gasteiger partial charge on any atom is -0.478 e. The standard InChI is InChI=1S/C14H12FIN2O2/c1-2-10-5-8(14(19)20)6-13(17-10)18-12-4-3-9(15)7-11(12)16/h3-7H,2H2,1H3,(H,17,18)(H,19,20). The summed E-state index contributed by atoms with van der Waals surface area (Å²) in [6, 6.07) is 7.33. The molecule has 6 heteroatoms. The third-order valence-electron chi connectivity index (χ3n) is 2.68. The van der Waals surface area contributed by atoms with Crippen molar-refractivity contribution in [2.45, 2.75) is 13.3 Å². The Kier molecular flexibility index (Phi) is 4.53. The molecule has 0 amide bonds. The molecule has 0 radical (unpaired) electrons. The fraction of sp³-hybridized carbons (Fsp3) is 0.143. The molecule has 104 valence electrons. The van der Waals surface area contributed by atoms with E-state index in [2.05, 4.69) is 10.3 Å². The van der Waals surface area contributed by atoms with Gasteiger partial charge in [0.15, 0.2) is 0 Å². The van der Waals surface area contributed by atoms with Crippen LogP contribution in [0.1, 0.15) is 23.0 Å². The summed E-state index contributed by atoms with van der Waals surface area (Å²) in [5.41, 5.74) is 1.55. The third kappa shape index (κ3) is 3.44. The first kappa shape index (κ1) is 14.7. The monoisotopic (exact) mass is 386 g/mol. The predicted molar refractivity (Wildman–Crippen MR) is 83.0 cm³/mol. The number of carbonyl (C=O) groups is 1. The number of pyridine rings is 1. The molecule has 1 heterocycles. The van der Waals surface area contributed by atoms with E-state index < -0.39 is 5.97 Å². The molecule has 0 aliphatic heterocycles. The van der Waals surface area contributed by atoms with E-state index in [9.17, 15) is 9.18 Å². The van der Waals surface area contributed by atoms with Gasteiger partial charge < -0.3 is 10.4 Å². The number of hydrogen-bond acceptors (Lipinski definition) is 3. The average molecular weight is 386 g/mol. The van der Waals surface area contributed by atoms with E-state index in [-0.39, 0.29) is 11.4 Å². The third-order valence-corrected chi connectivity index (χ3v) is 3.57. The lowest BCUT2D eigenvalue weighted by molar-refractivity contribution is 0.0696. The van der Waals surface area contributed by atoms with Crippen LogP contribution in [0, 0.1) is 9.39 Å². The van der Waals surface area contributed by atoms with Gasteiger partial charge in [0.1, 0.15) is 11.6 Å². The molecule has 2 aromatic rings. The van der Waals surface area contributed by atoms with Crippen molar-refractivity contribution in [1.29, 1.82) is 0 Å². The van der Waals surface area contributed by atoms with Gasteiger partial charge in [0.2, 0.25) is 0 Å². The molecule has 1 aromatic heterocycles. The number of nitrogens with zero attached hydrogens (tertiary/aromatic N) is 1. The summed E-state index contributed by atoms with van der Waals surface area (Å²) >= 11 is 2.01. The van der Waals surface area contributed by atoms with Crippen molar-refractivity contribution >= 4 is 40.1 Å². The molecular weight excluding hydrogens is 374 g/mol. The second-order valence-corrected chi connectivity index (χ2v) is 5.30. The van der Waals surface area contributed by atoms with E-state index in [4.69, 9.17) is 5.11 Å². The maximum absolute atomic E-state index is 13.0. The maximum atomic E-state index is 13.0. The number of benzene rings is 1. The topological polar surface area (TPSA) is 62.2 Å². The number of carboxylic acids is 1. The van der Waals surface area contributed by atoms with Gasteiger partial charge in [-0.15, -0.1) is 0 Å². The SMILES string of the molecule is CCc1cc(C(=O)O)cc(Nc2ccc(F)cc2I)n1. The highest BCUT2D eigenvalue weighted by molar-refractivity contribution is 14.1. The van der Waals surface area contributed by atoms with Crippen molar-refractivity contribution in [1.82, 2.24) is 4.98 Å². The number of aromatic carboxylic acids is 1. The quantitative estimate of drug-likeness (QED) is 0.785. The minimum absolute atomic E-state index is 0.177. The van der Waals surface area contributed by atoms with Crippen LogP contribution in [0.2, 0.25) is 0 Å². The molecule has 0 aliphatic carbocycles. The van der Waals surface area contributed by atoms with Crippen LogP contribution in [0.4, 0.5) is 15.9 Å². The van der Waals surface area contributed by atoms with Crippen LogP contribution in [0.3, 0.4) is 0 Å². The van der Waals surface area contributed by atoms with Gasteiger partial charge in [-0.25, -0.2) is 14.2 Å². The number of nitrogens with one attached hydrogen (secondary N) is 1. The number of hydrogen-bond donors (Lipinski definition) is 2. The van der Waals surface area contributed by atoms with Crippen LogP contribution in [-0.4, -0.2) is 16.1 Å². The van der Waals surface area contributed by atoms with Gasteiger partial charge in [0.05, 0.1) is 11.3 Å². The number of rotatable bonds is 4. The zero-order valence-electron chi connectivity index (χ0n) is 10.7. The van der Waals surface area contributed by atoms with Crippen LogP contribution in [0.15, 0.2) is 30.3 Å². The first-order valence-electron chi connectivity index (χ1n) is 5.96. The average Bonchev–Trinajstić information content (AvgIpc) is 2.41. The molecule has 2 N–H and O–H groups in total. The summed E-state index contributed by atoms with van der Waals surface area (Å²) in [7, 11) is 0. The first-order chi connectivity index (χ1) is 9.49. The Morgan fingerprint density at radius 2 is 2.15 bits per heavy atom. The molecule has 0 bridgehead atoms. The molecule has 0 unspecified atom stereocenters. The summed E-state index contributed by atoms with van der Waals surface area (Å²) in [5, 5.41) is 12.1. The van der Waals surface area contributed by atoms with Crippen LogP contribution in [-0.2, 0) is 6.42 Å². The predicted octanol–water partition coefficient (Wildman–Crippen LogP) is 3.83. The van der Waals surface area contributed by atoms with Gasteiger partial charge in [-0.1, -0.05) is 6.92 Å². The zero-order valence-corrected chi connectivity index (χ0v) is 12.8. The fourth-order valence-electron chi connectivity index (χ4n) is 1.69. The summed E-state index contributed by atoms with van der Waals surface area (Å²) < 4.78 is 13.7. The van der Waals surface area contributed by atoms with Crippen molar-refractivity contribution in [3.8, 4) is 0 Å². The zero-order chi connectivity index (χ0) is 14.7. The van der Waals surface area contributed by atoms with Crippen molar-refractivity contribution in [3.05, 3.63) is 51.0 Å². The minimum atomic E-state index is -1.00. The lowest BCUT2D eigenvalue weighted by atomic mass is 10.2.